The average Bonchev–Trinajstić information content (AvgIpc) is 2.52. The Labute approximate surface area is 121 Å². The maximum absolute atomic E-state index is 5.80. The monoisotopic (exact) mass is 278 g/mol. The zero-order valence-electron chi connectivity index (χ0n) is 12.6. The zero-order valence-corrected chi connectivity index (χ0v) is 12.6. The van der Waals surface area contributed by atoms with Gasteiger partial charge in [-0.1, -0.05) is 6.92 Å². The van der Waals surface area contributed by atoms with Gasteiger partial charge in [-0.15, -0.1) is 0 Å². The van der Waals surface area contributed by atoms with Gasteiger partial charge in [0, 0.05) is 45.0 Å². The van der Waals surface area contributed by atoms with Gasteiger partial charge in [0.05, 0.1) is 6.61 Å². The topological polar surface area (TPSA) is 54.6 Å². The SMILES string of the molecule is CCCOc1cccnc1N1CCN(C(C)CN)CC1. The molecule has 20 heavy (non-hydrogen) atoms. The largest absolute Gasteiger partial charge is 0.490 e. The van der Waals surface area contributed by atoms with Gasteiger partial charge in [0.25, 0.3) is 0 Å². The lowest BCUT2D eigenvalue weighted by Gasteiger charge is -2.38. The van der Waals surface area contributed by atoms with E-state index in [2.05, 4.69) is 28.6 Å². The van der Waals surface area contributed by atoms with E-state index in [-0.39, 0.29) is 0 Å². The Hall–Kier alpha value is -1.33. The van der Waals surface area contributed by atoms with Crippen LogP contribution in [-0.4, -0.2) is 55.3 Å². The maximum atomic E-state index is 5.80. The Balaban J connectivity index is 1.99. The van der Waals surface area contributed by atoms with E-state index < -0.39 is 0 Å². The van der Waals surface area contributed by atoms with Crippen LogP contribution in [0.5, 0.6) is 5.75 Å². The second-order valence-corrected chi connectivity index (χ2v) is 5.28. The lowest BCUT2D eigenvalue weighted by molar-refractivity contribution is 0.200. The lowest BCUT2D eigenvalue weighted by Crippen LogP contribution is -2.51. The molecule has 0 bridgehead atoms. The zero-order chi connectivity index (χ0) is 14.4. The van der Waals surface area contributed by atoms with E-state index in [1.807, 2.05) is 18.3 Å². The third kappa shape index (κ3) is 3.61. The third-order valence-electron chi connectivity index (χ3n) is 3.79. The molecule has 2 heterocycles. The van der Waals surface area contributed by atoms with Gasteiger partial charge in [0.1, 0.15) is 0 Å². The highest BCUT2D eigenvalue weighted by Crippen LogP contribution is 2.26. The van der Waals surface area contributed by atoms with E-state index >= 15 is 0 Å². The van der Waals surface area contributed by atoms with Gasteiger partial charge in [-0.05, 0) is 25.5 Å². The smallest absolute Gasteiger partial charge is 0.171 e. The van der Waals surface area contributed by atoms with Crippen molar-refractivity contribution in [1.29, 1.82) is 0 Å². The summed E-state index contributed by atoms with van der Waals surface area (Å²) < 4.78 is 5.80. The molecule has 2 rings (SSSR count). The first kappa shape index (κ1) is 15.1. The van der Waals surface area contributed by atoms with Crippen LogP contribution in [0.3, 0.4) is 0 Å². The van der Waals surface area contributed by atoms with Crippen LogP contribution in [0.1, 0.15) is 20.3 Å². The van der Waals surface area contributed by atoms with Crippen molar-refractivity contribution in [3.05, 3.63) is 18.3 Å². The summed E-state index contributed by atoms with van der Waals surface area (Å²) in [4.78, 5) is 9.25. The summed E-state index contributed by atoms with van der Waals surface area (Å²) >= 11 is 0. The molecule has 1 aromatic rings. The van der Waals surface area contributed by atoms with Crippen LogP contribution < -0.4 is 15.4 Å². The van der Waals surface area contributed by atoms with Crippen molar-refractivity contribution in [2.75, 3.05) is 44.2 Å². The number of rotatable bonds is 6. The van der Waals surface area contributed by atoms with Crippen molar-refractivity contribution < 1.29 is 4.74 Å². The van der Waals surface area contributed by atoms with Crippen molar-refractivity contribution >= 4 is 5.82 Å². The second-order valence-electron chi connectivity index (χ2n) is 5.28. The summed E-state index contributed by atoms with van der Waals surface area (Å²) in [6, 6.07) is 4.39. The molecule has 1 aliphatic heterocycles. The molecular formula is C15H26N4O. The minimum absolute atomic E-state index is 0.455. The van der Waals surface area contributed by atoms with E-state index in [9.17, 15) is 0 Å². The first-order valence-electron chi connectivity index (χ1n) is 7.53. The highest BCUT2D eigenvalue weighted by atomic mass is 16.5. The summed E-state index contributed by atoms with van der Waals surface area (Å²) in [7, 11) is 0. The maximum Gasteiger partial charge on any atom is 0.171 e. The summed E-state index contributed by atoms with van der Waals surface area (Å²) in [5.41, 5.74) is 5.74. The molecule has 0 aliphatic carbocycles. The molecule has 5 nitrogen and oxygen atoms in total. The number of piperazine rings is 1. The molecule has 2 N–H and O–H groups in total. The quantitative estimate of drug-likeness (QED) is 0.851. The Morgan fingerprint density at radius 1 is 1.35 bits per heavy atom. The molecule has 1 unspecified atom stereocenters. The molecule has 112 valence electrons. The molecular weight excluding hydrogens is 252 g/mol. The fraction of sp³-hybridized carbons (Fsp3) is 0.667. The molecule has 1 aliphatic rings. The number of hydrogen-bond donors (Lipinski definition) is 1. The van der Waals surface area contributed by atoms with Crippen LogP contribution >= 0.6 is 0 Å². The molecule has 1 fully saturated rings. The molecule has 5 heteroatoms. The molecule has 0 radical (unpaired) electrons. The normalized spacial score (nSPS) is 18.1. The van der Waals surface area contributed by atoms with Crippen LogP contribution in [0.25, 0.3) is 0 Å². The van der Waals surface area contributed by atoms with Gasteiger partial charge in [-0.2, -0.15) is 0 Å². The van der Waals surface area contributed by atoms with Crippen LogP contribution in [0, 0.1) is 0 Å². The highest BCUT2D eigenvalue weighted by molar-refractivity contribution is 5.52. The first-order valence-corrected chi connectivity index (χ1v) is 7.53. The summed E-state index contributed by atoms with van der Waals surface area (Å²) in [5, 5.41) is 0. The standard InChI is InChI=1S/C15H26N4O/c1-3-11-20-14-5-4-6-17-15(14)19-9-7-18(8-10-19)13(2)12-16/h4-6,13H,3,7-12,16H2,1-2H3. The van der Waals surface area contributed by atoms with E-state index in [1.165, 1.54) is 0 Å². The molecule has 0 aromatic carbocycles. The summed E-state index contributed by atoms with van der Waals surface area (Å²) in [5.74, 6) is 1.87. The number of ether oxygens (including phenoxy) is 1. The van der Waals surface area contributed by atoms with Crippen molar-refractivity contribution in [1.82, 2.24) is 9.88 Å². The van der Waals surface area contributed by atoms with E-state index in [0.29, 0.717) is 12.6 Å². The molecule has 1 aromatic heterocycles. The fourth-order valence-electron chi connectivity index (χ4n) is 2.47. The Morgan fingerprint density at radius 2 is 2.10 bits per heavy atom. The fourth-order valence-corrected chi connectivity index (χ4v) is 2.47. The minimum Gasteiger partial charge on any atom is -0.490 e. The number of anilines is 1. The van der Waals surface area contributed by atoms with E-state index in [4.69, 9.17) is 10.5 Å². The van der Waals surface area contributed by atoms with Gasteiger partial charge < -0.3 is 15.4 Å². The first-order chi connectivity index (χ1) is 9.76. The van der Waals surface area contributed by atoms with Crippen molar-refractivity contribution in [2.24, 2.45) is 5.73 Å². The summed E-state index contributed by atoms with van der Waals surface area (Å²) in [6.45, 7) is 9.77. The molecule has 1 saturated heterocycles. The third-order valence-corrected chi connectivity index (χ3v) is 3.79. The Kier molecular flexibility index (Phi) is 5.61. The number of pyridine rings is 1. The Morgan fingerprint density at radius 3 is 2.75 bits per heavy atom. The van der Waals surface area contributed by atoms with Gasteiger partial charge >= 0.3 is 0 Å². The van der Waals surface area contributed by atoms with Gasteiger partial charge in [0.15, 0.2) is 11.6 Å². The molecule has 1 atom stereocenters. The number of hydrogen-bond acceptors (Lipinski definition) is 5. The predicted molar refractivity (Wildman–Crippen MR) is 82.3 cm³/mol. The van der Waals surface area contributed by atoms with Gasteiger partial charge in [-0.25, -0.2) is 4.98 Å². The molecule has 0 spiro atoms. The molecule has 0 amide bonds. The molecule has 0 saturated carbocycles. The van der Waals surface area contributed by atoms with Crippen LogP contribution in [0.15, 0.2) is 18.3 Å². The van der Waals surface area contributed by atoms with Gasteiger partial charge in [-0.3, -0.25) is 4.90 Å². The van der Waals surface area contributed by atoms with Crippen molar-refractivity contribution in [2.45, 2.75) is 26.3 Å². The van der Waals surface area contributed by atoms with Crippen LogP contribution in [-0.2, 0) is 0 Å². The van der Waals surface area contributed by atoms with Gasteiger partial charge in [0.2, 0.25) is 0 Å². The lowest BCUT2D eigenvalue weighted by atomic mass is 10.2. The Bertz CT molecular complexity index is 405. The minimum atomic E-state index is 0.455. The average molecular weight is 278 g/mol. The van der Waals surface area contributed by atoms with E-state index in [1.54, 1.807) is 0 Å². The highest BCUT2D eigenvalue weighted by Gasteiger charge is 2.22. The van der Waals surface area contributed by atoms with Crippen LogP contribution in [0.2, 0.25) is 0 Å². The second kappa shape index (κ2) is 7.45. The summed E-state index contributed by atoms with van der Waals surface area (Å²) in [6.07, 6.45) is 2.85. The van der Waals surface area contributed by atoms with Crippen LogP contribution in [0.4, 0.5) is 5.82 Å². The van der Waals surface area contributed by atoms with Crippen molar-refractivity contribution in [3.63, 3.8) is 0 Å². The number of nitrogens with zero attached hydrogens (tertiary/aromatic N) is 3. The number of nitrogens with two attached hydrogens (primary N) is 1. The van der Waals surface area contributed by atoms with E-state index in [0.717, 1.165) is 50.8 Å². The number of aromatic nitrogens is 1. The predicted octanol–water partition coefficient (Wildman–Crippen LogP) is 1.34. The van der Waals surface area contributed by atoms with Crippen molar-refractivity contribution in [3.8, 4) is 5.75 Å².